The lowest BCUT2D eigenvalue weighted by molar-refractivity contribution is -0.139. The van der Waals surface area contributed by atoms with Crippen molar-refractivity contribution in [2.45, 2.75) is 56.1 Å². The van der Waals surface area contributed by atoms with Crippen LogP contribution in [0.3, 0.4) is 0 Å². The second-order valence-corrected chi connectivity index (χ2v) is 6.87. The molecule has 1 rings (SSSR count). The van der Waals surface area contributed by atoms with E-state index < -0.39 is 16.8 Å². The Bertz CT molecular complexity index is 410. The first-order valence-electron chi connectivity index (χ1n) is 7.16. The van der Waals surface area contributed by atoms with E-state index in [0.29, 0.717) is 0 Å². The van der Waals surface area contributed by atoms with E-state index in [9.17, 15) is 9.90 Å². The van der Waals surface area contributed by atoms with E-state index in [1.165, 1.54) is 5.56 Å². The molecule has 2 atom stereocenters. The highest BCUT2D eigenvalue weighted by Crippen LogP contribution is 2.36. The third-order valence-electron chi connectivity index (χ3n) is 3.61. The Balaban J connectivity index is 2.68. The minimum Gasteiger partial charge on any atom is -0.480 e. The van der Waals surface area contributed by atoms with E-state index in [4.69, 9.17) is 5.73 Å². The van der Waals surface area contributed by atoms with Crippen LogP contribution in [0.15, 0.2) is 30.3 Å². The Morgan fingerprint density at radius 1 is 1.35 bits per heavy atom. The number of carboxylic acid groups (broad SMARTS) is 1. The van der Waals surface area contributed by atoms with Gasteiger partial charge in [-0.2, -0.15) is 0 Å². The third-order valence-corrected chi connectivity index (χ3v) is 5.21. The first-order chi connectivity index (χ1) is 9.49. The number of carbonyl (C=O) groups is 1. The normalized spacial score (nSPS) is 15.6. The van der Waals surface area contributed by atoms with Crippen LogP contribution < -0.4 is 5.73 Å². The van der Waals surface area contributed by atoms with Crippen molar-refractivity contribution in [3.05, 3.63) is 35.9 Å². The molecule has 0 aliphatic carbocycles. The Labute approximate surface area is 125 Å². The zero-order valence-corrected chi connectivity index (χ0v) is 13.2. The van der Waals surface area contributed by atoms with Crippen LogP contribution >= 0.6 is 11.8 Å². The minimum atomic E-state index is -0.912. The monoisotopic (exact) mass is 295 g/mol. The molecule has 0 bridgehead atoms. The fraction of sp³-hybridized carbons (Fsp3) is 0.562. The van der Waals surface area contributed by atoms with Crippen LogP contribution in [0, 0.1) is 0 Å². The minimum absolute atomic E-state index is 0.420. The first kappa shape index (κ1) is 17.1. The van der Waals surface area contributed by atoms with Gasteiger partial charge in [-0.25, -0.2) is 0 Å². The van der Waals surface area contributed by atoms with Gasteiger partial charge < -0.3 is 10.8 Å². The van der Waals surface area contributed by atoms with Crippen LogP contribution in [0.5, 0.6) is 0 Å². The van der Waals surface area contributed by atoms with Gasteiger partial charge in [0.25, 0.3) is 0 Å². The maximum atomic E-state index is 11.3. The molecular weight excluding hydrogens is 270 g/mol. The quantitative estimate of drug-likeness (QED) is 0.682. The predicted octanol–water partition coefficient (Wildman–Crippen LogP) is 3.67. The van der Waals surface area contributed by atoms with E-state index in [0.717, 1.165) is 31.4 Å². The van der Waals surface area contributed by atoms with Crippen molar-refractivity contribution in [1.82, 2.24) is 0 Å². The molecule has 0 aliphatic heterocycles. The number of hydrogen-bond acceptors (Lipinski definition) is 3. The van der Waals surface area contributed by atoms with Crippen LogP contribution in [0.1, 0.15) is 45.1 Å². The molecule has 0 spiro atoms. The zero-order valence-electron chi connectivity index (χ0n) is 12.3. The highest BCUT2D eigenvalue weighted by molar-refractivity contribution is 8.00. The molecule has 0 aromatic heterocycles. The number of aliphatic carboxylic acids is 1. The number of nitrogens with two attached hydrogens (primary N) is 1. The summed E-state index contributed by atoms with van der Waals surface area (Å²) in [6.45, 7) is 4.13. The van der Waals surface area contributed by atoms with Gasteiger partial charge in [-0.05, 0) is 18.9 Å². The largest absolute Gasteiger partial charge is 0.480 e. The van der Waals surface area contributed by atoms with Gasteiger partial charge in [-0.1, -0.05) is 56.5 Å². The van der Waals surface area contributed by atoms with Crippen molar-refractivity contribution in [3.8, 4) is 0 Å². The molecule has 4 heteroatoms. The fourth-order valence-corrected chi connectivity index (χ4v) is 3.38. The van der Waals surface area contributed by atoms with Gasteiger partial charge in [0.05, 0.1) is 0 Å². The van der Waals surface area contributed by atoms with Gasteiger partial charge in [-0.15, -0.1) is 11.8 Å². The van der Waals surface area contributed by atoms with Crippen LogP contribution in [0.4, 0.5) is 0 Å². The molecule has 0 aliphatic rings. The molecule has 0 saturated heterocycles. The molecule has 3 N–H and O–H groups in total. The number of carboxylic acids is 1. The van der Waals surface area contributed by atoms with Crippen molar-refractivity contribution in [2.75, 3.05) is 0 Å². The predicted molar refractivity (Wildman–Crippen MR) is 85.9 cm³/mol. The lowest BCUT2D eigenvalue weighted by Gasteiger charge is -2.32. The summed E-state index contributed by atoms with van der Waals surface area (Å²) in [7, 11) is 0. The average Bonchev–Trinajstić information content (AvgIpc) is 2.45. The second-order valence-electron chi connectivity index (χ2n) is 5.36. The molecule has 0 saturated carbocycles. The van der Waals surface area contributed by atoms with Gasteiger partial charge >= 0.3 is 5.97 Å². The van der Waals surface area contributed by atoms with Gasteiger partial charge in [0.15, 0.2) is 0 Å². The number of thioether (sulfide) groups is 1. The molecule has 20 heavy (non-hydrogen) atoms. The number of unbranched alkanes of at least 4 members (excludes halogenated alkanes) is 2. The van der Waals surface area contributed by atoms with Gasteiger partial charge in [0, 0.05) is 10.5 Å². The van der Waals surface area contributed by atoms with Crippen LogP contribution in [-0.4, -0.2) is 21.9 Å². The molecule has 0 radical (unpaired) electrons. The summed E-state index contributed by atoms with van der Waals surface area (Å²) in [5, 5.41) is 9.23. The molecule has 2 unspecified atom stereocenters. The highest BCUT2D eigenvalue weighted by Gasteiger charge is 2.36. The Kier molecular flexibility index (Phi) is 7.10. The fourth-order valence-electron chi connectivity index (χ4n) is 2.13. The summed E-state index contributed by atoms with van der Waals surface area (Å²) in [4.78, 5) is 11.3. The van der Waals surface area contributed by atoms with E-state index in [1.807, 2.05) is 25.1 Å². The Hall–Kier alpha value is -1.00. The van der Waals surface area contributed by atoms with Gasteiger partial charge in [0.2, 0.25) is 0 Å². The SMILES string of the molecule is CCCCCC(C)(SCc1ccccc1)C(N)C(=O)O. The van der Waals surface area contributed by atoms with Crippen molar-refractivity contribution in [3.63, 3.8) is 0 Å². The first-order valence-corrected chi connectivity index (χ1v) is 8.14. The van der Waals surface area contributed by atoms with E-state index in [1.54, 1.807) is 11.8 Å². The van der Waals surface area contributed by atoms with Crippen LogP contribution in [0.2, 0.25) is 0 Å². The molecule has 1 aromatic rings. The van der Waals surface area contributed by atoms with Gasteiger partial charge in [-0.3, -0.25) is 4.79 Å². The summed E-state index contributed by atoms with van der Waals surface area (Å²) >= 11 is 1.66. The van der Waals surface area contributed by atoms with E-state index in [-0.39, 0.29) is 0 Å². The maximum Gasteiger partial charge on any atom is 0.321 e. The molecular formula is C16H25NO2S. The third kappa shape index (κ3) is 5.17. The summed E-state index contributed by atoms with van der Waals surface area (Å²) in [6, 6.07) is 9.28. The molecule has 0 amide bonds. The lowest BCUT2D eigenvalue weighted by Crippen LogP contribution is -2.48. The van der Waals surface area contributed by atoms with Crippen molar-refractivity contribution < 1.29 is 9.90 Å². The molecule has 0 fully saturated rings. The lowest BCUT2D eigenvalue weighted by atomic mass is 9.95. The summed E-state index contributed by atoms with van der Waals surface area (Å²) in [5.74, 6) is -0.116. The average molecular weight is 295 g/mol. The van der Waals surface area contributed by atoms with Crippen molar-refractivity contribution in [1.29, 1.82) is 0 Å². The van der Waals surface area contributed by atoms with E-state index >= 15 is 0 Å². The highest BCUT2D eigenvalue weighted by atomic mass is 32.2. The topological polar surface area (TPSA) is 63.3 Å². The second kappa shape index (κ2) is 8.32. The molecule has 0 heterocycles. The summed E-state index contributed by atoms with van der Waals surface area (Å²) in [6.07, 6.45) is 4.11. The molecule has 112 valence electrons. The van der Waals surface area contributed by atoms with Crippen LogP contribution in [-0.2, 0) is 10.5 Å². The Morgan fingerprint density at radius 3 is 2.55 bits per heavy atom. The van der Waals surface area contributed by atoms with Crippen molar-refractivity contribution >= 4 is 17.7 Å². The maximum absolute atomic E-state index is 11.3. The number of benzene rings is 1. The van der Waals surface area contributed by atoms with E-state index in [2.05, 4.69) is 19.1 Å². The zero-order chi connectivity index (χ0) is 15.0. The summed E-state index contributed by atoms with van der Waals surface area (Å²) < 4.78 is -0.420. The Morgan fingerprint density at radius 2 is 2.00 bits per heavy atom. The van der Waals surface area contributed by atoms with Gasteiger partial charge in [0.1, 0.15) is 6.04 Å². The van der Waals surface area contributed by atoms with Crippen molar-refractivity contribution in [2.24, 2.45) is 5.73 Å². The molecule has 3 nitrogen and oxygen atoms in total. The smallest absolute Gasteiger partial charge is 0.321 e. The molecule has 1 aromatic carbocycles. The standard InChI is InChI=1S/C16H25NO2S/c1-3-4-8-11-16(2,14(17)15(18)19)20-12-13-9-6-5-7-10-13/h5-7,9-10,14H,3-4,8,11-12,17H2,1-2H3,(H,18,19). The number of hydrogen-bond donors (Lipinski definition) is 2. The van der Waals surface area contributed by atoms with Crippen LogP contribution in [0.25, 0.3) is 0 Å². The summed E-state index contributed by atoms with van der Waals surface area (Å²) in [5.41, 5.74) is 7.13. The number of rotatable bonds is 9.